The molecule has 0 bridgehead atoms. The van der Waals surface area contributed by atoms with Crippen molar-refractivity contribution in [2.45, 2.75) is 31.3 Å². The Morgan fingerprint density at radius 2 is 2.10 bits per heavy atom. The Morgan fingerprint density at radius 1 is 1.38 bits per heavy atom. The molecule has 0 atom stereocenters. The largest absolute Gasteiger partial charge is 0.329 e. The zero-order valence-electron chi connectivity index (χ0n) is 11.4. The van der Waals surface area contributed by atoms with Crippen molar-refractivity contribution in [2.24, 2.45) is 5.14 Å². The van der Waals surface area contributed by atoms with Crippen LogP contribution in [0.4, 0.5) is 4.39 Å². The molecule has 8 heteroatoms. The van der Waals surface area contributed by atoms with Gasteiger partial charge in [-0.2, -0.15) is 0 Å². The molecular formula is C13H15BrFN3O2S. The van der Waals surface area contributed by atoms with Gasteiger partial charge in [0.05, 0.1) is 0 Å². The molecule has 0 spiro atoms. The first-order valence-electron chi connectivity index (χ1n) is 6.33. The van der Waals surface area contributed by atoms with Crippen molar-refractivity contribution in [3.8, 4) is 0 Å². The molecule has 1 aromatic heterocycles. The Labute approximate surface area is 131 Å². The van der Waals surface area contributed by atoms with Gasteiger partial charge in [0, 0.05) is 23.6 Å². The third-order valence-corrected chi connectivity index (χ3v) is 4.11. The first kappa shape index (κ1) is 16.1. The highest BCUT2D eigenvalue weighted by atomic mass is 79.9. The second-order valence-corrected chi connectivity index (χ2v) is 7.12. The second kappa shape index (κ2) is 6.25. The normalized spacial score (nSPS) is 11.8. The van der Waals surface area contributed by atoms with Crippen LogP contribution in [0.1, 0.15) is 24.7 Å². The predicted octanol–water partition coefficient (Wildman–Crippen LogP) is 2.43. The molecule has 0 aliphatic heterocycles. The fraction of sp³-hybridized carbons (Fsp3) is 0.308. The highest BCUT2D eigenvalue weighted by molar-refractivity contribution is 9.10. The Kier molecular flexibility index (Phi) is 4.80. The number of rotatable bonds is 5. The lowest BCUT2D eigenvalue weighted by Crippen LogP contribution is -2.12. The smallest absolute Gasteiger partial charge is 0.257 e. The number of benzene rings is 1. The Bertz CT molecular complexity index is 739. The van der Waals surface area contributed by atoms with Crippen molar-refractivity contribution in [3.05, 3.63) is 46.1 Å². The van der Waals surface area contributed by atoms with Crippen molar-refractivity contribution >= 4 is 26.0 Å². The summed E-state index contributed by atoms with van der Waals surface area (Å²) in [4.78, 5) is 4.06. The summed E-state index contributed by atoms with van der Waals surface area (Å²) in [6.07, 6.45) is 2.82. The number of halogens is 2. The van der Waals surface area contributed by atoms with Gasteiger partial charge in [0.15, 0.2) is 5.03 Å². The summed E-state index contributed by atoms with van der Waals surface area (Å²) in [6.45, 7) is 2.29. The van der Waals surface area contributed by atoms with Crippen LogP contribution in [0.25, 0.3) is 0 Å². The lowest BCUT2D eigenvalue weighted by Gasteiger charge is -2.07. The number of hydrogen-bond donors (Lipinski definition) is 1. The molecule has 114 valence electrons. The van der Waals surface area contributed by atoms with E-state index in [1.165, 1.54) is 18.3 Å². The number of hydrogen-bond acceptors (Lipinski definition) is 3. The van der Waals surface area contributed by atoms with Gasteiger partial charge in [-0.15, -0.1) is 0 Å². The van der Waals surface area contributed by atoms with Gasteiger partial charge in [-0.25, -0.2) is 22.9 Å². The maximum absolute atomic E-state index is 13.4. The monoisotopic (exact) mass is 375 g/mol. The summed E-state index contributed by atoms with van der Waals surface area (Å²) in [6, 6.07) is 4.53. The van der Waals surface area contributed by atoms with Crippen LogP contribution in [0.5, 0.6) is 0 Å². The molecule has 0 radical (unpaired) electrons. The van der Waals surface area contributed by atoms with Gasteiger partial charge >= 0.3 is 0 Å². The zero-order valence-corrected chi connectivity index (χ0v) is 13.8. The van der Waals surface area contributed by atoms with Gasteiger partial charge in [0.1, 0.15) is 11.6 Å². The minimum absolute atomic E-state index is 0.165. The minimum Gasteiger partial charge on any atom is -0.329 e. The van der Waals surface area contributed by atoms with Crippen LogP contribution in [0.3, 0.4) is 0 Å². The Hall–Kier alpha value is -1.25. The molecule has 0 amide bonds. The SMILES string of the molecule is CCCc1nc(S(N)(=O)=O)cn1Cc1cc(F)cc(Br)c1. The number of aryl methyl sites for hydroxylation is 1. The van der Waals surface area contributed by atoms with E-state index in [1.807, 2.05) is 6.92 Å². The van der Waals surface area contributed by atoms with Crippen molar-refractivity contribution in [3.63, 3.8) is 0 Å². The molecule has 21 heavy (non-hydrogen) atoms. The molecule has 2 N–H and O–H groups in total. The van der Waals surface area contributed by atoms with E-state index in [0.29, 0.717) is 28.8 Å². The fourth-order valence-corrected chi connectivity index (χ4v) is 3.04. The van der Waals surface area contributed by atoms with E-state index in [1.54, 1.807) is 10.6 Å². The second-order valence-electron chi connectivity index (χ2n) is 4.70. The molecule has 0 saturated heterocycles. The van der Waals surface area contributed by atoms with Gasteiger partial charge in [-0.05, 0) is 30.2 Å². The number of nitrogens with zero attached hydrogens (tertiary/aromatic N) is 2. The van der Waals surface area contributed by atoms with Crippen molar-refractivity contribution < 1.29 is 12.8 Å². The third-order valence-electron chi connectivity index (χ3n) is 2.88. The number of primary sulfonamides is 1. The molecule has 1 heterocycles. The van der Waals surface area contributed by atoms with E-state index < -0.39 is 10.0 Å². The summed E-state index contributed by atoms with van der Waals surface area (Å²) in [7, 11) is -3.85. The number of imidazole rings is 1. The van der Waals surface area contributed by atoms with Crippen molar-refractivity contribution in [1.29, 1.82) is 0 Å². The Balaban J connectivity index is 2.40. The molecule has 0 saturated carbocycles. The van der Waals surface area contributed by atoms with Crippen LogP contribution in [0.15, 0.2) is 33.9 Å². The van der Waals surface area contributed by atoms with Gasteiger partial charge in [0.25, 0.3) is 10.0 Å². The summed E-state index contributed by atoms with van der Waals surface area (Å²) in [5, 5.41) is 4.94. The summed E-state index contributed by atoms with van der Waals surface area (Å²) >= 11 is 3.23. The lowest BCUT2D eigenvalue weighted by atomic mass is 10.2. The predicted molar refractivity (Wildman–Crippen MR) is 80.8 cm³/mol. The third kappa shape index (κ3) is 4.12. The average Bonchev–Trinajstić information content (AvgIpc) is 2.71. The van der Waals surface area contributed by atoms with E-state index in [2.05, 4.69) is 20.9 Å². The van der Waals surface area contributed by atoms with Gasteiger partial charge in [-0.1, -0.05) is 22.9 Å². The molecule has 1 aromatic carbocycles. The van der Waals surface area contributed by atoms with Gasteiger partial charge in [-0.3, -0.25) is 0 Å². The van der Waals surface area contributed by atoms with E-state index in [9.17, 15) is 12.8 Å². The van der Waals surface area contributed by atoms with Crippen LogP contribution in [-0.2, 0) is 23.0 Å². The number of nitrogens with two attached hydrogens (primary N) is 1. The summed E-state index contributed by atoms with van der Waals surface area (Å²) < 4.78 is 38.5. The first-order chi connectivity index (χ1) is 9.79. The van der Waals surface area contributed by atoms with Crippen LogP contribution >= 0.6 is 15.9 Å². The van der Waals surface area contributed by atoms with E-state index in [-0.39, 0.29) is 10.8 Å². The molecule has 0 fully saturated rings. The Morgan fingerprint density at radius 3 is 2.67 bits per heavy atom. The first-order valence-corrected chi connectivity index (χ1v) is 8.67. The highest BCUT2D eigenvalue weighted by Gasteiger charge is 2.16. The van der Waals surface area contributed by atoms with E-state index >= 15 is 0 Å². The maximum atomic E-state index is 13.4. The minimum atomic E-state index is -3.85. The van der Waals surface area contributed by atoms with Crippen molar-refractivity contribution in [2.75, 3.05) is 0 Å². The van der Waals surface area contributed by atoms with Crippen LogP contribution < -0.4 is 5.14 Å². The quantitative estimate of drug-likeness (QED) is 0.871. The van der Waals surface area contributed by atoms with Crippen molar-refractivity contribution in [1.82, 2.24) is 9.55 Å². The molecule has 2 aromatic rings. The lowest BCUT2D eigenvalue weighted by molar-refractivity contribution is 0.594. The molecule has 5 nitrogen and oxygen atoms in total. The maximum Gasteiger partial charge on any atom is 0.257 e. The topological polar surface area (TPSA) is 78.0 Å². The van der Waals surface area contributed by atoms with Crippen LogP contribution in [-0.4, -0.2) is 18.0 Å². The average molecular weight is 376 g/mol. The summed E-state index contributed by atoms with van der Waals surface area (Å²) in [5.41, 5.74) is 0.706. The molecule has 0 aliphatic carbocycles. The summed E-state index contributed by atoms with van der Waals surface area (Å²) in [5.74, 6) is 0.255. The standard InChI is InChI=1S/C13H15BrFN3O2S/c1-2-3-12-17-13(21(16,19)20)8-18(12)7-9-4-10(14)6-11(15)5-9/h4-6,8H,2-3,7H2,1H3,(H2,16,19,20). The number of sulfonamides is 1. The van der Waals surface area contributed by atoms with E-state index in [0.717, 1.165) is 6.42 Å². The molecule has 0 unspecified atom stereocenters. The molecular weight excluding hydrogens is 361 g/mol. The van der Waals surface area contributed by atoms with Crippen LogP contribution in [0.2, 0.25) is 0 Å². The number of aromatic nitrogens is 2. The fourth-order valence-electron chi connectivity index (χ4n) is 2.02. The zero-order chi connectivity index (χ0) is 15.6. The molecule has 2 rings (SSSR count). The van der Waals surface area contributed by atoms with E-state index in [4.69, 9.17) is 5.14 Å². The van der Waals surface area contributed by atoms with Gasteiger partial charge in [0.2, 0.25) is 0 Å². The highest BCUT2D eigenvalue weighted by Crippen LogP contribution is 2.18. The van der Waals surface area contributed by atoms with Crippen LogP contribution in [0, 0.1) is 5.82 Å². The molecule has 0 aliphatic rings. The van der Waals surface area contributed by atoms with Gasteiger partial charge < -0.3 is 4.57 Å².